The van der Waals surface area contributed by atoms with Crippen LogP contribution in [-0.4, -0.2) is 23.7 Å². The van der Waals surface area contributed by atoms with Crippen molar-refractivity contribution in [2.45, 2.75) is 12.1 Å². The van der Waals surface area contributed by atoms with E-state index in [1.807, 2.05) is 30.3 Å². The summed E-state index contributed by atoms with van der Waals surface area (Å²) in [5, 5.41) is 4.08. The summed E-state index contributed by atoms with van der Waals surface area (Å²) in [5.41, 5.74) is -4.19. The number of hydrogen-bond donors (Lipinski definition) is 0. The molecule has 0 radical (unpaired) electrons. The molecule has 0 bridgehead atoms. The number of benzene rings is 2. The van der Waals surface area contributed by atoms with Crippen molar-refractivity contribution in [3.63, 3.8) is 0 Å². The molecule has 3 aromatic rings. The maximum absolute atomic E-state index is 12.5. The molecule has 0 aliphatic heterocycles. The van der Waals surface area contributed by atoms with Crippen molar-refractivity contribution < 1.29 is 25.8 Å². The van der Waals surface area contributed by atoms with E-state index in [0.29, 0.717) is 5.52 Å². The number of halogens is 3. The van der Waals surface area contributed by atoms with Crippen molar-refractivity contribution in [1.82, 2.24) is 9.78 Å². The summed E-state index contributed by atoms with van der Waals surface area (Å²) in [6, 6.07) is 15.4. The van der Waals surface area contributed by atoms with Crippen LogP contribution in [0.4, 0.5) is 13.2 Å². The van der Waals surface area contributed by atoms with Crippen molar-refractivity contribution in [3.8, 4) is 5.88 Å². The summed E-state index contributed by atoms with van der Waals surface area (Å²) < 4.78 is 65.7. The molecule has 1 heterocycles. The molecule has 0 N–H and O–H groups in total. The Hall–Kier alpha value is -2.55. The first-order valence-electron chi connectivity index (χ1n) is 6.78. The Kier molecular flexibility index (Phi) is 3.96. The highest BCUT2D eigenvalue weighted by Gasteiger charge is 2.49. The zero-order valence-corrected chi connectivity index (χ0v) is 12.9. The van der Waals surface area contributed by atoms with Crippen LogP contribution in [0.25, 0.3) is 10.9 Å². The third-order valence-electron chi connectivity index (χ3n) is 3.27. The van der Waals surface area contributed by atoms with E-state index in [2.05, 4.69) is 9.28 Å². The van der Waals surface area contributed by atoms with Gasteiger partial charge in [0.25, 0.3) is 5.88 Å². The van der Waals surface area contributed by atoms with Gasteiger partial charge in [-0.05, 0) is 17.7 Å². The Balaban J connectivity index is 2.04. The molecule has 2 aromatic carbocycles. The SMILES string of the molecule is O=S(=O)(Oc1nn(Cc2ccccc2)c2ccccc12)C(F)(F)F. The first kappa shape index (κ1) is 16.3. The number of hydrogen-bond acceptors (Lipinski definition) is 4. The topological polar surface area (TPSA) is 61.2 Å². The second-order valence-electron chi connectivity index (χ2n) is 4.95. The number of alkyl halides is 3. The monoisotopic (exact) mass is 356 g/mol. The van der Waals surface area contributed by atoms with Gasteiger partial charge in [0.1, 0.15) is 0 Å². The zero-order valence-electron chi connectivity index (χ0n) is 12.1. The highest BCUT2D eigenvalue weighted by molar-refractivity contribution is 7.88. The molecule has 24 heavy (non-hydrogen) atoms. The fourth-order valence-corrected chi connectivity index (χ4v) is 2.61. The minimum Gasteiger partial charge on any atom is -0.353 e. The number of fused-ring (bicyclic) bond motifs is 1. The second-order valence-corrected chi connectivity index (χ2v) is 6.49. The van der Waals surface area contributed by atoms with Crippen LogP contribution in [0.2, 0.25) is 0 Å². The maximum Gasteiger partial charge on any atom is 0.534 e. The van der Waals surface area contributed by atoms with Crippen LogP contribution in [0.1, 0.15) is 5.56 Å². The molecule has 9 heteroatoms. The van der Waals surface area contributed by atoms with Crippen LogP contribution in [0.5, 0.6) is 5.88 Å². The van der Waals surface area contributed by atoms with Crippen molar-refractivity contribution in [3.05, 3.63) is 60.2 Å². The average molecular weight is 356 g/mol. The lowest BCUT2D eigenvalue weighted by atomic mass is 10.2. The van der Waals surface area contributed by atoms with Crippen LogP contribution in [0, 0.1) is 0 Å². The van der Waals surface area contributed by atoms with Crippen LogP contribution in [0.15, 0.2) is 54.6 Å². The molecule has 5 nitrogen and oxygen atoms in total. The van der Waals surface area contributed by atoms with Gasteiger partial charge in [-0.3, -0.25) is 4.68 Å². The van der Waals surface area contributed by atoms with Crippen molar-refractivity contribution in [2.24, 2.45) is 0 Å². The first-order chi connectivity index (χ1) is 11.3. The third kappa shape index (κ3) is 3.07. The molecule has 126 valence electrons. The van der Waals surface area contributed by atoms with Crippen LogP contribution < -0.4 is 4.18 Å². The highest BCUT2D eigenvalue weighted by atomic mass is 32.2. The smallest absolute Gasteiger partial charge is 0.353 e. The van der Waals surface area contributed by atoms with Gasteiger partial charge < -0.3 is 4.18 Å². The highest BCUT2D eigenvalue weighted by Crippen LogP contribution is 2.31. The molecule has 0 amide bonds. The third-order valence-corrected chi connectivity index (χ3v) is 4.22. The molecule has 0 aliphatic rings. The van der Waals surface area contributed by atoms with Crippen LogP contribution >= 0.6 is 0 Å². The minimum atomic E-state index is -5.78. The predicted molar refractivity (Wildman–Crippen MR) is 80.9 cm³/mol. The number of aromatic nitrogens is 2. The number of nitrogens with zero attached hydrogens (tertiary/aromatic N) is 2. The van der Waals surface area contributed by atoms with Gasteiger partial charge in [0.05, 0.1) is 17.4 Å². The summed E-state index contributed by atoms with van der Waals surface area (Å²) >= 11 is 0. The summed E-state index contributed by atoms with van der Waals surface area (Å²) in [4.78, 5) is 0. The Labute approximate surface area is 135 Å². The van der Waals surface area contributed by atoms with E-state index >= 15 is 0 Å². The maximum atomic E-state index is 12.5. The molecular formula is C15H11F3N2O3S. The largest absolute Gasteiger partial charge is 0.534 e. The lowest BCUT2D eigenvalue weighted by Crippen LogP contribution is -2.28. The van der Waals surface area contributed by atoms with Gasteiger partial charge in [-0.15, -0.1) is 5.10 Å². The fraction of sp³-hybridized carbons (Fsp3) is 0.133. The molecular weight excluding hydrogens is 345 g/mol. The van der Waals surface area contributed by atoms with Crippen molar-refractivity contribution >= 4 is 21.0 Å². The van der Waals surface area contributed by atoms with Gasteiger partial charge in [0.15, 0.2) is 0 Å². The molecule has 3 rings (SSSR count). The van der Waals surface area contributed by atoms with Gasteiger partial charge in [-0.2, -0.15) is 21.6 Å². The molecule has 0 saturated heterocycles. The van der Waals surface area contributed by atoms with Gasteiger partial charge in [0.2, 0.25) is 0 Å². The Bertz CT molecular complexity index is 967. The van der Waals surface area contributed by atoms with E-state index in [-0.39, 0.29) is 11.9 Å². The molecule has 0 spiro atoms. The number of para-hydroxylation sites is 1. The van der Waals surface area contributed by atoms with E-state index in [4.69, 9.17) is 0 Å². The first-order valence-corrected chi connectivity index (χ1v) is 8.19. The standard InChI is InChI=1S/C15H11F3N2O3S/c16-15(17,18)24(21,22)23-14-12-8-4-5-9-13(12)20(19-14)10-11-6-2-1-3-7-11/h1-9H,10H2. The number of rotatable bonds is 4. The van der Waals surface area contributed by atoms with Crippen molar-refractivity contribution in [2.75, 3.05) is 0 Å². The van der Waals surface area contributed by atoms with Gasteiger partial charge in [0, 0.05) is 0 Å². The molecule has 0 fully saturated rings. The molecule has 0 aliphatic carbocycles. The Morgan fingerprint density at radius 2 is 1.62 bits per heavy atom. The normalized spacial score (nSPS) is 12.5. The second kappa shape index (κ2) is 5.82. The lowest BCUT2D eigenvalue weighted by molar-refractivity contribution is -0.0501. The summed E-state index contributed by atoms with van der Waals surface area (Å²) in [6.07, 6.45) is 0. The summed E-state index contributed by atoms with van der Waals surface area (Å²) in [7, 11) is -5.78. The minimum absolute atomic E-state index is 0.182. The van der Waals surface area contributed by atoms with E-state index < -0.39 is 21.5 Å². The van der Waals surface area contributed by atoms with Gasteiger partial charge >= 0.3 is 15.6 Å². The predicted octanol–water partition coefficient (Wildman–Crippen LogP) is 3.31. The van der Waals surface area contributed by atoms with E-state index in [1.165, 1.54) is 10.7 Å². The summed E-state index contributed by atoms with van der Waals surface area (Å²) in [6.45, 7) is 0.261. The average Bonchev–Trinajstić information content (AvgIpc) is 2.85. The Morgan fingerprint density at radius 3 is 2.29 bits per heavy atom. The zero-order chi connectivity index (χ0) is 17.4. The Morgan fingerprint density at radius 1 is 1.00 bits per heavy atom. The lowest BCUT2D eigenvalue weighted by Gasteiger charge is -2.07. The van der Waals surface area contributed by atoms with Gasteiger partial charge in [-0.25, -0.2) is 0 Å². The van der Waals surface area contributed by atoms with Gasteiger partial charge in [-0.1, -0.05) is 42.5 Å². The summed E-state index contributed by atoms with van der Waals surface area (Å²) in [5.74, 6) is -0.598. The van der Waals surface area contributed by atoms with Crippen LogP contribution in [-0.2, 0) is 16.7 Å². The molecule has 0 saturated carbocycles. The van der Waals surface area contributed by atoms with E-state index in [0.717, 1.165) is 5.56 Å². The fourth-order valence-electron chi connectivity index (χ4n) is 2.19. The van der Waals surface area contributed by atoms with Crippen molar-refractivity contribution in [1.29, 1.82) is 0 Å². The molecule has 1 aromatic heterocycles. The quantitative estimate of drug-likeness (QED) is 0.532. The molecule has 0 unspecified atom stereocenters. The van der Waals surface area contributed by atoms with Crippen LogP contribution in [0.3, 0.4) is 0 Å². The van der Waals surface area contributed by atoms with E-state index in [1.54, 1.807) is 18.2 Å². The van der Waals surface area contributed by atoms with E-state index in [9.17, 15) is 21.6 Å². The molecule has 0 atom stereocenters.